The van der Waals surface area contributed by atoms with Crippen molar-refractivity contribution in [1.82, 2.24) is 9.97 Å². The summed E-state index contributed by atoms with van der Waals surface area (Å²) >= 11 is 1.55. The SMILES string of the molecule is O=C(/C=C/c1nc2ccccc2s1)Nc1ccc(-c2nc3ccccc3o2)cc1. The highest BCUT2D eigenvalue weighted by Gasteiger charge is 2.08. The van der Waals surface area contributed by atoms with Crippen LogP contribution < -0.4 is 5.32 Å². The first kappa shape index (κ1) is 17.3. The van der Waals surface area contributed by atoms with Gasteiger partial charge in [-0.1, -0.05) is 24.3 Å². The zero-order valence-electron chi connectivity index (χ0n) is 15.2. The number of carbonyl (C=O) groups excluding carboxylic acids is 1. The van der Waals surface area contributed by atoms with Crippen molar-refractivity contribution in [1.29, 1.82) is 0 Å². The monoisotopic (exact) mass is 397 g/mol. The van der Waals surface area contributed by atoms with E-state index in [0.717, 1.165) is 31.9 Å². The van der Waals surface area contributed by atoms with Gasteiger partial charge >= 0.3 is 0 Å². The Morgan fingerprint density at radius 3 is 2.45 bits per heavy atom. The quantitative estimate of drug-likeness (QED) is 0.392. The summed E-state index contributed by atoms with van der Waals surface area (Å²) in [6.07, 6.45) is 3.22. The average molecular weight is 397 g/mol. The fraction of sp³-hybridized carbons (Fsp3) is 0. The molecular weight excluding hydrogens is 382 g/mol. The maximum absolute atomic E-state index is 12.2. The standard InChI is InChI=1S/C23H15N3O2S/c27-21(13-14-22-25-18-6-2-4-8-20(18)29-22)24-16-11-9-15(10-12-16)23-26-17-5-1-3-7-19(17)28-23/h1-14H,(H,24,27)/b14-13+. The number of hydrogen-bond donors (Lipinski definition) is 1. The first-order chi connectivity index (χ1) is 14.2. The molecule has 0 atom stereocenters. The Kier molecular flexibility index (Phi) is 4.38. The summed E-state index contributed by atoms with van der Waals surface area (Å²) in [5, 5.41) is 3.65. The Bertz CT molecular complexity index is 1280. The molecule has 6 heteroatoms. The molecule has 140 valence electrons. The predicted octanol–water partition coefficient (Wildman–Crippen LogP) is 5.76. The third-order valence-corrected chi connectivity index (χ3v) is 5.38. The minimum atomic E-state index is -0.209. The number of carbonyl (C=O) groups is 1. The van der Waals surface area contributed by atoms with Crippen molar-refractivity contribution in [2.24, 2.45) is 0 Å². The molecule has 1 amide bonds. The number of nitrogens with zero attached hydrogens (tertiary/aromatic N) is 2. The molecule has 0 fully saturated rings. The molecule has 0 aliphatic rings. The molecule has 0 bridgehead atoms. The fourth-order valence-corrected chi connectivity index (χ4v) is 3.85. The number of nitrogens with one attached hydrogen (secondary N) is 1. The van der Waals surface area contributed by atoms with E-state index in [4.69, 9.17) is 4.42 Å². The minimum Gasteiger partial charge on any atom is -0.436 e. The lowest BCUT2D eigenvalue weighted by molar-refractivity contribution is -0.111. The van der Waals surface area contributed by atoms with Crippen LogP contribution in [0.3, 0.4) is 0 Å². The van der Waals surface area contributed by atoms with Crippen molar-refractivity contribution in [3.63, 3.8) is 0 Å². The van der Waals surface area contributed by atoms with Gasteiger partial charge in [-0.15, -0.1) is 11.3 Å². The third-order valence-electron chi connectivity index (χ3n) is 4.38. The molecule has 2 aromatic heterocycles. The van der Waals surface area contributed by atoms with E-state index in [9.17, 15) is 4.79 Å². The van der Waals surface area contributed by atoms with Crippen molar-refractivity contribution in [3.8, 4) is 11.5 Å². The number of oxazole rings is 1. The van der Waals surface area contributed by atoms with E-state index in [1.54, 1.807) is 17.4 Å². The molecule has 0 radical (unpaired) electrons. The second-order valence-electron chi connectivity index (χ2n) is 6.41. The number of para-hydroxylation sites is 3. The Balaban J connectivity index is 1.28. The van der Waals surface area contributed by atoms with Crippen LogP contribution in [0.5, 0.6) is 0 Å². The molecule has 0 spiro atoms. The van der Waals surface area contributed by atoms with Gasteiger partial charge in [0.25, 0.3) is 0 Å². The van der Waals surface area contributed by atoms with E-state index in [1.165, 1.54) is 6.08 Å². The highest BCUT2D eigenvalue weighted by atomic mass is 32.1. The van der Waals surface area contributed by atoms with Gasteiger partial charge in [0, 0.05) is 17.3 Å². The first-order valence-corrected chi connectivity index (χ1v) is 9.87. The van der Waals surface area contributed by atoms with Gasteiger partial charge in [-0.2, -0.15) is 0 Å². The second kappa shape index (κ2) is 7.33. The van der Waals surface area contributed by atoms with Gasteiger partial charge in [-0.3, -0.25) is 4.79 Å². The van der Waals surface area contributed by atoms with Gasteiger partial charge in [0.2, 0.25) is 11.8 Å². The molecule has 0 saturated heterocycles. The van der Waals surface area contributed by atoms with Gasteiger partial charge in [0.1, 0.15) is 10.5 Å². The van der Waals surface area contributed by atoms with E-state index in [0.29, 0.717) is 11.6 Å². The number of amides is 1. The van der Waals surface area contributed by atoms with Crippen LogP contribution in [0.1, 0.15) is 5.01 Å². The number of anilines is 1. The summed E-state index contributed by atoms with van der Waals surface area (Å²) in [5.41, 5.74) is 4.06. The van der Waals surface area contributed by atoms with E-state index in [2.05, 4.69) is 15.3 Å². The largest absolute Gasteiger partial charge is 0.436 e. The van der Waals surface area contributed by atoms with Crippen LogP contribution in [0.4, 0.5) is 5.69 Å². The lowest BCUT2D eigenvalue weighted by atomic mass is 10.2. The number of rotatable bonds is 4. The lowest BCUT2D eigenvalue weighted by Gasteiger charge is -2.02. The van der Waals surface area contributed by atoms with E-state index >= 15 is 0 Å². The molecule has 5 aromatic rings. The summed E-state index contributed by atoms with van der Waals surface area (Å²) in [7, 11) is 0. The number of benzene rings is 3. The highest BCUT2D eigenvalue weighted by Crippen LogP contribution is 2.25. The maximum atomic E-state index is 12.2. The van der Waals surface area contributed by atoms with Crippen LogP contribution in [-0.4, -0.2) is 15.9 Å². The van der Waals surface area contributed by atoms with E-state index in [1.807, 2.05) is 72.8 Å². The Hall–Kier alpha value is -3.77. The molecule has 0 aliphatic heterocycles. The Labute approximate surface area is 170 Å². The van der Waals surface area contributed by atoms with Gasteiger partial charge < -0.3 is 9.73 Å². The van der Waals surface area contributed by atoms with Crippen LogP contribution >= 0.6 is 11.3 Å². The number of fused-ring (bicyclic) bond motifs is 2. The Morgan fingerprint density at radius 1 is 0.897 bits per heavy atom. The average Bonchev–Trinajstić information content (AvgIpc) is 3.36. The number of hydrogen-bond acceptors (Lipinski definition) is 5. The molecule has 2 heterocycles. The minimum absolute atomic E-state index is 0.209. The van der Waals surface area contributed by atoms with Crippen LogP contribution in [0.15, 0.2) is 83.3 Å². The van der Waals surface area contributed by atoms with Gasteiger partial charge in [0.15, 0.2) is 5.58 Å². The fourth-order valence-electron chi connectivity index (χ4n) is 2.98. The van der Waals surface area contributed by atoms with Crippen molar-refractivity contribution in [2.45, 2.75) is 0 Å². The normalized spacial score (nSPS) is 11.4. The molecular formula is C23H15N3O2S. The summed E-state index contributed by atoms with van der Waals surface area (Å²) in [5.74, 6) is 0.346. The molecule has 1 N–H and O–H groups in total. The van der Waals surface area contributed by atoms with Gasteiger partial charge in [-0.05, 0) is 54.6 Å². The third kappa shape index (κ3) is 3.66. The topological polar surface area (TPSA) is 68.0 Å². The molecule has 5 rings (SSSR count). The van der Waals surface area contributed by atoms with Crippen molar-refractivity contribution >= 4 is 50.3 Å². The van der Waals surface area contributed by atoms with E-state index in [-0.39, 0.29) is 5.91 Å². The van der Waals surface area contributed by atoms with Crippen LogP contribution in [0.2, 0.25) is 0 Å². The predicted molar refractivity (Wildman–Crippen MR) is 117 cm³/mol. The zero-order valence-corrected chi connectivity index (χ0v) is 16.0. The number of aromatic nitrogens is 2. The number of thiazole rings is 1. The molecule has 0 aliphatic carbocycles. The van der Waals surface area contributed by atoms with Crippen LogP contribution in [0.25, 0.3) is 38.8 Å². The first-order valence-electron chi connectivity index (χ1n) is 9.05. The van der Waals surface area contributed by atoms with Gasteiger partial charge in [0.05, 0.1) is 10.2 Å². The smallest absolute Gasteiger partial charge is 0.248 e. The molecule has 0 saturated carbocycles. The molecule has 29 heavy (non-hydrogen) atoms. The van der Waals surface area contributed by atoms with E-state index < -0.39 is 0 Å². The zero-order chi connectivity index (χ0) is 19.6. The lowest BCUT2D eigenvalue weighted by Crippen LogP contribution is -2.07. The Morgan fingerprint density at radius 2 is 1.66 bits per heavy atom. The van der Waals surface area contributed by atoms with Crippen molar-refractivity contribution in [2.75, 3.05) is 5.32 Å². The molecule has 3 aromatic carbocycles. The van der Waals surface area contributed by atoms with Crippen molar-refractivity contribution < 1.29 is 9.21 Å². The van der Waals surface area contributed by atoms with Gasteiger partial charge in [-0.25, -0.2) is 9.97 Å². The summed E-state index contributed by atoms with van der Waals surface area (Å²) in [6.45, 7) is 0. The van der Waals surface area contributed by atoms with Crippen LogP contribution in [-0.2, 0) is 4.79 Å². The molecule has 5 nitrogen and oxygen atoms in total. The highest BCUT2D eigenvalue weighted by molar-refractivity contribution is 7.19. The summed E-state index contributed by atoms with van der Waals surface area (Å²) in [6, 6.07) is 22.9. The summed E-state index contributed by atoms with van der Waals surface area (Å²) < 4.78 is 6.87. The molecule has 0 unspecified atom stereocenters. The second-order valence-corrected chi connectivity index (χ2v) is 7.47. The maximum Gasteiger partial charge on any atom is 0.248 e. The van der Waals surface area contributed by atoms with Crippen molar-refractivity contribution in [3.05, 3.63) is 83.9 Å². The van der Waals surface area contributed by atoms with Crippen LogP contribution in [0, 0.1) is 0 Å². The summed E-state index contributed by atoms with van der Waals surface area (Å²) in [4.78, 5) is 21.2.